The Hall–Kier alpha value is -2.49. The molecule has 0 saturated carbocycles. The number of H-pyrrole nitrogens is 2. The number of ether oxygens (including phenoxy) is 1. The number of hydrogen-bond donors (Lipinski definition) is 2. The molecule has 0 saturated heterocycles. The summed E-state index contributed by atoms with van der Waals surface area (Å²) in [4.78, 5) is 11.5. The van der Waals surface area contributed by atoms with E-state index in [2.05, 4.69) is 29.9 Å². The Labute approximate surface area is 142 Å². The fraction of sp³-hybridized carbons (Fsp3) is 0.350. The minimum atomic E-state index is 0.574. The Morgan fingerprint density at radius 2 is 2.21 bits per heavy atom. The van der Waals surface area contributed by atoms with E-state index >= 15 is 0 Å². The maximum atomic E-state index is 5.57. The van der Waals surface area contributed by atoms with E-state index in [0.29, 0.717) is 5.92 Å². The second-order valence-electron chi connectivity index (χ2n) is 6.66. The van der Waals surface area contributed by atoms with Gasteiger partial charge in [0, 0.05) is 18.0 Å². The molecule has 2 aromatic heterocycles. The summed E-state index contributed by atoms with van der Waals surface area (Å²) in [6, 6.07) is 6.07. The number of nitrogens with one attached hydrogen (secondary N) is 2. The minimum Gasteiger partial charge on any atom is -0.494 e. The topological polar surface area (TPSA) is 53.2 Å². The second kappa shape index (κ2) is 5.86. The minimum absolute atomic E-state index is 0.574. The van der Waals surface area contributed by atoms with Gasteiger partial charge in [0.25, 0.3) is 0 Å². The van der Waals surface area contributed by atoms with Crippen molar-refractivity contribution in [2.24, 2.45) is 10.9 Å². The number of aliphatic imine (C=N–C) groups is 1. The van der Waals surface area contributed by atoms with Crippen molar-refractivity contribution in [3.05, 3.63) is 46.9 Å². The first-order valence-corrected chi connectivity index (χ1v) is 8.59. The predicted molar refractivity (Wildman–Crippen MR) is 98.3 cm³/mol. The van der Waals surface area contributed by atoms with Gasteiger partial charge in [-0.1, -0.05) is 6.92 Å². The van der Waals surface area contributed by atoms with E-state index < -0.39 is 0 Å². The molecule has 124 valence electrons. The number of aromatic nitrogens is 2. The van der Waals surface area contributed by atoms with Crippen molar-refractivity contribution in [2.75, 3.05) is 7.11 Å². The Morgan fingerprint density at radius 3 is 2.96 bits per heavy atom. The van der Waals surface area contributed by atoms with Gasteiger partial charge in [-0.3, -0.25) is 4.99 Å². The first kappa shape index (κ1) is 15.1. The third kappa shape index (κ3) is 2.42. The highest BCUT2D eigenvalue weighted by atomic mass is 16.5. The quantitative estimate of drug-likeness (QED) is 0.825. The van der Waals surface area contributed by atoms with Gasteiger partial charge in [0.05, 0.1) is 29.9 Å². The van der Waals surface area contributed by atoms with Crippen LogP contribution >= 0.6 is 0 Å². The predicted octanol–water partition coefficient (Wildman–Crippen LogP) is 4.95. The first-order chi connectivity index (χ1) is 11.7. The van der Waals surface area contributed by atoms with E-state index in [1.807, 2.05) is 24.4 Å². The zero-order valence-electron chi connectivity index (χ0n) is 14.4. The van der Waals surface area contributed by atoms with E-state index in [4.69, 9.17) is 9.73 Å². The van der Waals surface area contributed by atoms with Crippen LogP contribution in [0.25, 0.3) is 17.5 Å². The molecule has 1 unspecified atom stereocenters. The molecule has 4 rings (SSSR count). The molecule has 1 atom stereocenters. The maximum absolute atomic E-state index is 5.57. The lowest BCUT2D eigenvalue weighted by atomic mass is 9.82. The molecule has 2 aliphatic rings. The molecule has 24 heavy (non-hydrogen) atoms. The van der Waals surface area contributed by atoms with Crippen LogP contribution in [0.3, 0.4) is 0 Å². The van der Waals surface area contributed by atoms with Gasteiger partial charge in [-0.05, 0) is 61.5 Å². The van der Waals surface area contributed by atoms with Crippen LogP contribution < -0.4 is 4.74 Å². The van der Waals surface area contributed by atoms with Crippen molar-refractivity contribution < 1.29 is 4.74 Å². The number of hydrogen-bond acceptors (Lipinski definition) is 2. The summed E-state index contributed by atoms with van der Waals surface area (Å²) in [7, 11) is 1.71. The number of methoxy groups -OCH3 is 1. The fourth-order valence-corrected chi connectivity index (χ4v) is 3.87. The van der Waals surface area contributed by atoms with Crippen LogP contribution in [-0.4, -0.2) is 22.8 Å². The van der Waals surface area contributed by atoms with Gasteiger partial charge >= 0.3 is 0 Å². The van der Waals surface area contributed by atoms with E-state index in [0.717, 1.165) is 34.9 Å². The molecule has 1 aliphatic heterocycles. The first-order valence-electron chi connectivity index (χ1n) is 8.59. The number of nitrogens with zero attached hydrogens (tertiary/aromatic N) is 1. The molecule has 0 fully saturated rings. The third-order valence-electron chi connectivity index (χ3n) is 5.08. The summed E-state index contributed by atoms with van der Waals surface area (Å²) in [5.74, 6) is 1.42. The second-order valence-corrected chi connectivity index (χ2v) is 6.66. The number of rotatable bonds is 3. The van der Waals surface area contributed by atoms with Crippen LogP contribution in [0.5, 0.6) is 5.75 Å². The summed E-state index contributed by atoms with van der Waals surface area (Å²) >= 11 is 0. The van der Waals surface area contributed by atoms with Gasteiger partial charge in [0.1, 0.15) is 5.75 Å². The molecule has 0 amide bonds. The molecule has 2 aromatic rings. The number of allylic oxidation sites excluding steroid dienone is 2. The van der Waals surface area contributed by atoms with Gasteiger partial charge in [-0.25, -0.2) is 0 Å². The average molecular weight is 321 g/mol. The van der Waals surface area contributed by atoms with Crippen molar-refractivity contribution >= 4 is 11.8 Å². The molecule has 3 heterocycles. The van der Waals surface area contributed by atoms with Gasteiger partial charge in [0.15, 0.2) is 0 Å². The average Bonchev–Trinajstić information content (AvgIpc) is 3.28. The summed E-state index contributed by atoms with van der Waals surface area (Å²) in [6.45, 7) is 4.44. The van der Waals surface area contributed by atoms with Crippen LogP contribution in [0.1, 0.15) is 38.8 Å². The Bertz CT molecular complexity index is 850. The standard InChI is InChI=1S/C20H23N3O/c1-12-6-4-7-14-13(2)22-18(20(12)14)10-17-19(24-3)11-16(23-17)15-8-5-9-21-15/h5,8-12,21,23H,4,6-7H2,1-3H3/b18-10-. The smallest absolute Gasteiger partial charge is 0.144 e. The highest BCUT2D eigenvalue weighted by Gasteiger charge is 2.28. The molecule has 0 bridgehead atoms. The van der Waals surface area contributed by atoms with Crippen molar-refractivity contribution in [2.45, 2.75) is 33.1 Å². The molecule has 0 radical (unpaired) electrons. The van der Waals surface area contributed by atoms with E-state index in [9.17, 15) is 0 Å². The van der Waals surface area contributed by atoms with Crippen molar-refractivity contribution in [3.63, 3.8) is 0 Å². The normalized spacial score (nSPS) is 22.0. The zero-order chi connectivity index (χ0) is 16.7. The molecule has 4 nitrogen and oxygen atoms in total. The zero-order valence-corrected chi connectivity index (χ0v) is 14.4. The van der Waals surface area contributed by atoms with Crippen LogP contribution in [0.4, 0.5) is 0 Å². The number of aromatic amines is 2. The van der Waals surface area contributed by atoms with Crippen LogP contribution in [0.2, 0.25) is 0 Å². The Kier molecular flexibility index (Phi) is 3.68. The lowest BCUT2D eigenvalue weighted by molar-refractivity contribution is 0.414. The maximum Gasteiger partial charge on any atom is 0.144 e. The summed E-state index contributed by atoms with van der Waals surface area (Å²) in [6.07, 6.45) is 7.73. The summed E-state index contributed by atoms with van der Waals surface area (Å²) in [5.41, 5.74) is 8.20. The molecule has 2 N–H and O–H groups in total. The van der Waals surface area contributed by atoms with Gasteiger partial charge in [-0.2, -0.15) is 0 Å². The van der Waals surface area contributed by atoms with E-state index in [-0.39, 0.29) is 0 Å². The van der Waals surface area contributed by atoms with Crippen molar-refractivity contribution in [3.8, 4) is 17.1 Å². The fourth-order valence-electron chi connectivity index (χ4n) is 3.87. The molecular formula is C20H23N3O. The highest BCUT2D eigenvalue weighted by Crippen LogP contribution is 2.41. The van der Waals surface area contributed by atoms with E-state index in [1.54, 1.807) is 7.11 Å². The van der Waals surface area contributed by atoms with Gasteiger partial charge < -0.3 is 14.7 Å². The van der Waals surface area contributed by atoms with Crippen molar-refractivity contribution in [1.82, 2.24) is 9.97 Å². The van der Waals surface area contributed by atoms with Crippen LogP contribution in [0, 0.1) is 5.92 Å². The molecular weight excluding hydrogens is 298 g/mol. The Morgan fingerprint density at radius 1 is 1.33 bits per heavy atom. The Balaban J connectivity index is 1.77. The lowest BCUT2D eigenvalue weighted by Gasteiger charge is -2.21. The lowest BCUT2D eigenvalue weighted by Crippen LogP contribution is -2.10. The van der Waals surface area contributed by atoms with E-state index in [1.165, 1.54) is 29.7 Å². The van der Waals surface area contributed by atoms with Gasteiger partial charge in [0.2, 0.25) is 0 Å². The van der Waals surface area contributed by atoms with Gasteiger partial charge in [-0.15, -0.1) is 0 Å². The molecule has 4 heteroatoms. The summed E-state index contributed by atoms with van der Waals surface area (Å²) in [5, 5.41) is 0. The summed E-state index contributed by atoms with van der Waals surface area (Å²) < 4.78 is 5.57. The van der Waals surface area contributed by atoms with Crippen molar-refractivity contribution in [1.29, 1.82) is 0 Å². The van der Waals surface area contributed by atoms with Crippen LogP contribution in [0.15, 0.2) is 46.2 Å². The monoisotopic (exact) mass is 321 g/mol. The highest BCUT2D eigenvalue weighted by molar-refractivity contribution is 6.04. The van der Waals surface area contributed by atoms with Crippen LogP contribution in [-0.2, 0) is 0 Å². The molecule has 1 aliphatic carbocycles. The molecule has 0 spiro atoms. The largest absolute Gasteiger partial charge is 0.494 e. The third-order valence-corrected chi connectivity index (χ3v) is 5.08. The molecule has 0 aromatic carbocycles. The SMILES string of the molecule is COc1cc(-c2ccc[nH]2)[nH]c1/C=C1\N=C(C)C2=C1C(C)CCC2.